The molecule has 2 rings (SSSR count). The Balaban J connectivity index is 2.74. The Bertz CT molecular complexity index is 855. The summed E-state index contributed by atoms with van der Waals surface area (Å²) in [5.41, 5.74) is 11.7. The first-order valence-electron chi connectivity index (χ1n) is 9.45. The van der Waals surface area contributed by atoms with Gasteiger partial charge in [-0.3, -0.25) is 0 Å². The maximum Gasteiger partial charge on any atom is 0.0817 e. The quantitative estimate of drug-likeness (QED) is 0.292. The zero-order valence-electron chi connectivity index (χ0n) is 17.5. The van der Waals surface area contributed by atoms with Crippen LogP contribution in [0.5, 0.6) is 0 Å². The largest absolute Gasteiger partial charge is 0.0988 e. The van der Waals surface area contributed by atoms with E-state index in [0.29, 0.717) is 0 Å². The van der Waals surface area contributed by atoms with Crippen LogP contribution in [0.25, 0.3) is 11.1 Å². The van der Waals surface area contributed by atoms with Gasteiger partial charge < -0.3 is 0 Å². The molecule has 28 heavy (non-hydrogen) atoms. The molecule has 0 amide bonds. The van der Waals surface area contributed by atoms with Gasteiger partial charge in [-0.1, -0.05) is 114 Å². The first kappa shape index (κ1) is 22.7. The van der Waals surface area contributed by atoms with Crippen molar-refractivity contribution in [3.8, 4) is 0 Å². The number of benzene rings is 2. The van der Waals surface area contributed by atoms with Crippen molar-refractivity contribution in [1.82, 2.24) is 0 Å². The molecule has 0 fully saturated rings. The molecule has 0 saturated carbocycles. The van der Waals surface area contributed by atoms with Crippen LogP contribution in [0.1, 0.15) is 52.7 Å². The second-order valence-corrected chi connectivity index (χ2v) is 10.4. The summed E-state index contributed by atoms with van der Waals surface area (Å²) in [7, 11) is 0. The van der Waals surface area contributed by atoms with E-state index in [2.05, 4.69) is 133 Å². The van der Waals surface area contributed by atoms with E-state index in [0.717, 1.165) is 20.1 Å². The number of allylic oxidation sites excluding steroid dienone is 2. The van der Waals surface area contributed by atoms with Crippen LogP contribution in [-0.2, 0) is 0 Å². The minimum absolute atomic E-state index is 0.0380. The summed E-state index contributed by atoms with van der Waals surface area (Å²) in [5, 5.41) is 0. The van der Waals surface area contributed by atoms with E-state index in [1.807, 2.05) is 12.1 Å². The number of halogens is 2. The lowest BCUT2D eigenvalue weighted by Gasteiger charge is -2.22. The van der Waals surface area contributed by atoms with Gasteiger partial charge in [-0.05, 0) is 53.8 Å². The van der Waals surface area contributed by atoms with Crippen LogP contribution < -0.4 is 0 Å². The average molecular weight is 500 g/mol. The molecule has 0 heterocycles. The Kier molecular flexibility index (Phi) is 7.54. The van der Waals surface area contributed by atoms with Crippen molar-refractivity contribution in [2.75, 3.05) is 0 Å². The van der Waals surface area contributed by atoms with Crippen LogP contribution in [-0.4, -0.2) is 0 Å². The van der Waals surface area contributed by atoms with E-state index in [1.165, 1.54) is 11.1 Å². The third kappa shape index (κ3) is 6.23. The third-order valence-corrected chi connectivity index (χ3v) is 6.01. The fourth-order valence-corrected chi connectivity index (χ4v) is 3.52. The highest BCUT2D eigenvalue weighted by Gasteiger charge is 2.20. The van der Waals surface area contributed by atoms with Gasteiger partial charge in [-0.25, -0.2) is 0 Å². The lowest BCUT2D eigenvalue weighted by molar-refractivity contribution is 0.567. The monoisotopic (exact) mass is 498 g/mol. The van der Waals surface area contributed by atoms with Crippen LogP contribution in [0.15, 0.2) is 81.1 Å². The summed E-state index contributed by atoms with van der Waals surface area (Å²) in [5.74, 6) is 0. The van der Waals surface area contributed by atoms with Crippen molar-refractivity contribution < 1.29 is 0 Å². The second-order valence-electron chi connectivity index (χ2n) is 8.86. The third-order valence-electron chi connectivity index (χ3n) is 4.29. The van der Waals surface area contributed by atoms with Crippen molar-refractivity contribution in [2.45, 2.75) is 41.5 Å². The molecular weight excluding hydrogens is 472 g/mol. The average Bonchev–Trinajstić information content (AvgIpc) is 2.63. The zero-order valence-corrected chi connectivity index (χ0v) is 20.7. The Morgan fingerprint density at radius 3 is 1.11 bits per heavy atom. The molecule has 2 heteroatoms. The molecule has 0 radical (unpaired) electrons. The molecule has 0 unspecified atom stereocenters. The van der Waals surface area contributed by atoms with E-state index in [9.17, 15) is 0 Å². The highest BCUT2D eigenvalue weighted by molar-refractivity contribution is 9.15. The maximum atomic E-state index is 3.73. The maximum absolute atomic E-state index is 3.73. The van der Waals surface area contributed by atoms with E-state index >= 15 is 0 Å². The summed E-state index contributed by atoms with van der Waals surface area (Å²) in [6.07, 6.45) is 0. The summed E-state index contributed by atoms with van der Waals surface area (Å²) in [6, 6.07) is 20.9. The van der Waals surface area contributed by atoms with E-state index in [1.54, 1.807) is 0 Å². The van der Waals surface area contributed by atoms with Crippen molar-refractivity contribution in [2.24, 2.45) is 10.8 Å². The summed E-state index contributed by atoms with van der Waals surface area (Å²) < 4.78 is 1.72. The molecule has 0 aromatic heterocycles. The molecule has 0 aliphatic heterocycles. The number of hydrogen-bond acceptors (Lipinski definition) is 0. The molecule has 146 valence electrons. The van der Waals surface area contributed by atoms with Crippen LogP contribution >= 0.6 is 31.9 Å². The zero-order chi connectivity index (χ0) is 20.9. The molecular formula is C26H28Br2. The lowest BCUT2D eigenvalue weighted by Crippen LogP contribution is -2.08. The van der Waals surface area contributed by atoms with Gasteiger partial charge in [0.1, 0.15) is 0 Å². The van der Waals surface area contributed by atoms with Crippen molar-refractivity contribution in [3.05, 3.63) is 92.2 Å². The smallest absolute Gasteiger partial charge is 0.0817 e. The Morgan fingerprint density at radius 2 is 0.857 bits per heavy atom. The highest BCUT2D eigenvalue weighted by atomic mass is 79.9. The minimum atomic E-state index is -0.0380. The van der Waals surface area contributed by atoms with Crippen molar-refractivity contribution in [3.63, 3.8) is 0 Å². The Labute approximate surface area is 187 Å². The predicted molar refractivity (Wildman–Crippen MR) is 131 cm³/mol. The van der Waals surface area contributed by atoms with Gasteiger partial charge in [0.15, 0.2) is 0 Å². The van der Waals surface area contributed by atoms with Crippen LogP contribution in [0.3, 0.4) is 0 Å². The fourth-order valence-electron chi connectivity index (χ4n) is 2.92. The highest BCUT2D eigenvalue weighted by Crippen LogP contribution is 2.37. The first-order chi connectivity index (χ1) is 13.0. The van der Waals surface area contributed by atoms with Crippen LogP contribution in [0.2, 0.25) is 0 Å². The van der Waals surface area contributed by atoms with Gasteiger partial charge in [0, 0.05) is 11.1 Å². The van der Waals surface area contributed by atoms with Crippen LogP contribution in [0.4, 0.5) is 0 Å². The molecule has 0 aliphatic carbocycles. The molecule has 0 N–H and O–H groups in total. The van der Waals surface area contributed by atoms with Crippen LogP contribution in [0, 0.1) is 10.8 Å². The lowest BCUT2D eigenvalue weighted by atomic mass is 9.82. The van der Waals surface area contributed by atoms with Gasteiger partial charge in [0.25, 0.3) is 0 Å². The Morgan fingerprint density at radius 1 is 0.571 bits per heavy atom. The number of rotatable bonds is 3. The van der Waals surface area contributed by atoms with Gasteiger partial charge in [-0.15, -0.1) is 0 Å². The van der Waals surface area contributed by atoms with Gasteiger partial charge in [0.05, 0.1) is 8.96 Å². The summed E-state index contributed by atoms with van der Waals surface area (Å²) >= 11 is 7.45. The molecule has 0 saturated heterocycles. The first-order valence-corrected chi connectivity index (χ1v) is 11.0. The molecule has 0 bridgehead atoms. The molecule has 0 nitrogen and oxygen atoms in total. The van der Waals surface area contributed by atoms with Gasteiger partial charge in [-0.2, -0.15) is 0 Å². The molecule has 0 spiro atoms. The minimum Gasteiger partial charge on any atom is -0.0988 e. The van der Waals surface area contributed by atoms with Crippen molar-refractivity contribution >= 4 is 43.0 Å². The molecule has 2 aromatic rings. The van der Waals surface area contributed by atoms with E-state index < -0.39 is 0 Å². The van der Waals surface area contributed by atoms with E-state index in [4.69, 9.17) is 0 Å². The SMILES string of the molecule is CC(C)(C)C(=C=C(Br)C(Br)=C=C(c1ccccc1)C(C)(C)C)c1ccccc1. The predicted octanol–water partition coefficient (Wildman–Crippen LogP) is 9.00. The molecule has 0 atom stereocenters. The summed E-state index contributed by atoms with van der Waals surface area (Å²) in [4.78, 5) is 0. The fraction of sp³-hybridized carbons (Fsp3) is 0.308. The van der Waals surface area contributed by atoms with Gasteiger partial charge >= 0.3 is 0 Å². The van der Waals surface area contributed by atoms with Crippen molar-refractivity contribution in [1.29, 1.82) is 0 Å². The number of hydrogen-bond donors (Lipinski definition) is 0. The Hall–Kier alpha value is -1.56. The van der Waals surface area contributed by atoms with E-state index in [-0.39, 0.29) is 10.8 Å². The molecule has 0 aliphatic rings. The second kappa shape index (κ2) is 9.29. The topological polar surface area (TPSA) is 0 Å². The normalized spacial score (nSPS) is 11.3. The standard InChI is InChI=1S/C26H28Br2/c1-25(2,3)21(19-13-9-7-10-14-19)17-23(27)24(28)18-22(26(4,5)6)20-15-11-8-12-16-20/h7-16H,1-6H3. The van der Waals surface area contributed by atoms with Gasteiger partial charge in [0.2, 0.25) is 0 Å². The molecule has 2 aromatic carbocycles. The summed E-state index contributed by atoms with van der Waals surface area (Å²) in [6.45, 7) is 13.3.